The van der Waals surface area contributed by atoms with Gasteiger partial charge in [-0.2, -0.15) is 13.2 Å². The summed E-state index contributed by atoms with van der Waals surface area (Å²) in [4.78, 5) is 3.60. The highest BCUT2D eigenvalue weighted by Crippen LogP contribution is 2.32. The van der Waals surface area contributed by atoms with E-state index in [0.29, 0.717) is 16.1 Å². The van der Waals surface area contributed by atoms with Crippen LogP contribution in [0.3, 0.4) is 0 Å². The second-order valence-corrected chi connectivity index (χ2v) is 4.70. The summed E-state index contributed by atoms with van der Waals surface area (Å²) in [7, 11) is 0. The van der Waals surface area contributed by atoms with Crippen molar-refractivity contribution in [2.24, 2.45) is 0 Å². The maximum atomic E-state index is 12.9. The third-order valence-corrected chi connectivity index (χ3v) is 2.97. The second-order valence-electron chi connectivity index (χ2n) is 4.27. The standard InChI is InChI=1S/C16H11ClF3N/c1-2-3-4-14-9-12(10-15(21-14)16(18,19)20)11-5-7-13(17)8-6-11/h2-10H,1H2/b4-3+. The van der Waals surface area contributed by atoms with E-state index < -0.39 is 11.9 Å². The molecule has 0 bridgehead atoms. The number of hydrogen-bond acceptors (Lipinski definition) is 1. The molecule has 1 nitrogen and oxygen atoms in total. The molecular formula is C16H11ClF3N. The van der Waals surface area contributed by atoms with E-state index in [2.05, 4.69) is 11.6 Å². The average Bonchev–Trinajstić information content (AvgIpc) is 2.44. The first kappa shape index (κ1) is 15.3. The fourth-order valence-corrected chi connectivity index (χ4v) is 1.88. The summed E-state index contributed by atoms with van der Waals surface area (Å²) in [6.07, 6.45) is -0.0150. The van der Waals surface area contributed by atoms with Gasteiger partial charge < -0.3 is 0 Å². The van der Waals surface area contributed by atoms with Crippen molar-refractivity contribution < 1.29 is 13.2 Å². The normalized spacial score (nSPS) is 11.8. The lowest BCUT2D eigenvalue weighted by molar-refractivity contribution is -0.141. The molecule has 0 fully saturated rings. The lowest BCUT2D eigenvalue weighted by Gasteiger charge is -2.10. The van der Waals surface area contributed by atoms with E-state index in [0.717, 1.165) is 6.07 Å². The predicted octanol–water partition coefficient (Wildman–Crippen LogP) is 5.62. The van der Waals surface area contributed by atoms with Gasteiger partial charge in [-0.25, -0.2) is 4.98 Å². The summed E-state index contributed by atoms with van der Waals surface area (Å²) in [6.45, 7) is 3.49. The molecule has 0 aliphatic carbocycles. The maximum absolute atomic E-state index is 12.9. The molecule has 0 radical (unpaired) electrons. The van der Waals surface area contributed by atoms with Crippen molar-refractivity contribution in [1.82, 2.24) is 4.98 Å². The number of alkyl halides is 3. The molecule has 0 saturated carbocycles. The van der Waals surface area contributed by atoms with Gasteiger partial charge in [-0.05, 0) is 41.5 Å². The van der Waals surface area contributed by atoms with Crippen molar-refractivity contribution in [3.8, 4) is 11.1 Å². The van der Waals surface area contributed by atoms with Gasteiger partial charge in [0.15, 0.2) is 0 Å². The molecule has 0 unspecified atom stereocenters. The van der Waals surface area contributed by atoms with Gasteiger partial charge in [0.1, 0.15) is 5.69 Å². The van der Waals surface area contributed by atoms with Crippen LogP contribution in [0.5, 0.6) is 0 Å². The molecule has 5 heteroatoms. The van der Waals surface area contributed by atoms with Gasteiger partial charge in [0.25, 0.3) is 0 Å². The van der Waals surface area contributed by atoms with Crippen LogP contribution in [0.25, 0.3) is 17.2 Å². The minimum Gasteiger partial charge on any atom is -0.244 e. The smallest absolute Gasteiger partial charge is 0.244 e. The highest BCUT2D eigenvalue weighted by atomic mass is 35.5. The summed E-state index contributed by atoms with van der Waals surface area (Å²) in [5.74, 6) is 0. The lowest BCUT2D eigenvalue weighted by Crippen LogP contribution is -2.09. The van der Waals surface area contributed by atoms with Crippen molar-refractivity contribution in [1.29, 1.82) is 0 Å². The largest absolute Gasteiger partial charge is 0.433 e. The number of allylic oxidation sites excluding steroid dienone is 2. The van der Waals surface area contributed by atoms with E-state index in [1.807, 2.05) is 0 Å². The van der Waals surface area contributed by atoms with Crippen molar-refractivity contribution in [3.63, 3.8) is 0 Å². The first-order chi connectivity index (χ1) is 9.90. The van der Waals surface area contributed by atoms with Crippen molar-refractivity contribution >= 4 is 17.7 Å². The molecular weight excluding hydrogens is 299 g/mol. The first-order valence-electron chi connectivity index (χ1n) is 6.04. The van der Waals surface area contributed by atoms with Crippen LogP contribution in [-0.4, -0.2) is 4.98 Å². The fraction of sp³-hybridized carbons (Fsp3) is 0.0625. The van der Waals surface area contributed by atoms with Gasteiger partial charge in [-0.15, -0.1) is 0 Å². The Balaban J connectivity index is 2.56. The topological polar surface area (TPSA) is 12.9 Å². The molecule has 0 aliphatic heterocycles. The Morgan fingerprint density at radius 2 is 1.71 bits per heavy atom. The molecule has 21 heavy (non-hydrogen) atoms. The van der Waals surface area contributed by atoms with Crippen molar-refractivity contribution in [2.75, 3.05) is 0 Å². The summed E-state index contributed by atoms with van der Waals surface area (Å²) >= 11 is 5.79. The van der Waals surface area contributed by atoms with E-state index in [4.69, 9.17) is 11.6 Å². The minimum atomic E-state index is -4.50. The molecule has 0 spiro atoms. The maximum Gasteiger partial charge on any atom is 0.433 e. The first-order valence-corrected chi connectivity index (χ1v) is 6.42. The van der Waals surface area contributed by atoms with Crippen LogP contribution in [-0.2, 0) is 6.18 Å². The quantitative estimate of drug-likeness (QED) is 0.670. The Kier molecular flexibility index (Phi) is 4.48. The Hall–Kier alpha value is -2.07. The molecule has 0 aliphatic rings. The Morgan fingerprint density at radius 1 is 1.05 bits per heavy atom. The molecule has 2 aromatic rings. The number of aromatic nitrogens is 1. The van der Waals surface area contributed by atoms with E-state index in [1.54, 1.807) is 30.3 Å². The molecule has 2 rings (SSSR count). The van der Waals surface area contributed by atoms with Crippen LogP contribution in [0.1, 0.15) is 11.4 Å². The molecule has 0 amide bonds. The van der Waals surface area contributed by atoms with E-state index >= 15 is 0 Å². The molecule has 1 aromatic carbocycles. The highest BCUT2D eigenvalue weighted by molar-refractivity contribution is 6.30. The van der Waals surface area contributed by atoms with Crippen LogP contribution in [0.4, 0.5) is 13.2 Å². The Bertz CT molecular complexity index is 673. The predicted molar refractivity (Wildman–Crippen MR) is 78.9 cm³/mol. The van der Waals surface area contributed by atoms with Gasteiger partial charge in [-0.3, -0.25) is 0 Å². The van der Waals surface area contributed by atoms with Gasteiger partial charge in [0.05, 0.1) is 5.69 Å². The third kappa shape index (κ3) is 3.95. The molecule has 108 valence electrons. The summed E-state index contributed by atoms with van der Waals surface area (Å²) < 4.78 is 38.8. The van der Waals surface area contributed by atoms with E-state index in [1.165, 1.54) is 18.2 Å². The Morgan fingerprint density at radius 3 is 2.29 bits per heavy atom. The molecule has 0 N–H and O–H groups in total. The average molecular weight is 310 g/mol. The van der Waals surface area contributed by atoms with E-state index in [-0.39, 0.29) is 5.69 Å². The fourth-order valence-electron chi connectivity index (χ4n) is 1.76. The van der Waals surface area contributed by atoms with Gasteiger partial charge in [0.2, 0.25) is 0 Å². The van der Waals surface area contributed by atoms with E-state index in [9.17, 15) is 13.2 Å². The highest BCUT2D eigenvalue weighted by Gasteiger charge is 2.33. The monoisotopic (exact) mass is 309 g/mol. The van der Waals surface area contributed by atoms with Gasteiger partial charge in [-0.1, -0.05) is 42.5 Å². The zero-order valence-electron chi connectivity index (χ0n) is 10.9. The van der Waals surface area contributed by atoms with Crippen LogP contribution in [0.2, 0.25) is 5.02 Å². The minimum absolute atomic E-state index is 0.217. The number of halogens is 4. The van der Waals surface area contributed by atoms with Crippen molar-refractivity contribution in [2.45, 2.75) is 6.18 Å². The summed E-state index contributed by atoms with van der Waals surface area (Å²) in [6, 6.07) is 9.19. The zero-order valence-corrected chi connectivity index (χ0v) is 11.6. The molecule has 1 aromatic heterocycles. The molecule has 0 atom stereocenters. The molecule has 0 saturated heterocycles. The van der Waals surface area contributed by atoms with Gasteiger partial charge >= 0.3 is 6.18 Å². The van der Waals surface area contributed by atoms with Crippen LogP contribution in [0.15, 0.2) is 55.1 Å². The van der Waals surface area contributed by atoms with Crippen LogP contribution >= 0.6 is 11.6 Å². The summed E-state index contributed by atoms with van der Waals surface area (Å²) in [5, 5.41) is 0.524. The number of benzene rings is 1. The lowest BCUT2D eigenvalue weighted by atomic mass is 10.0. The van der Waals surface area contributed by atoms with Crippen LogP contribution in [0, 0.1) is 0 Å². The zero-order chi connectivity index (χ0) is 15.5. The number of hydrogen-bond donors (Lipinski definition) is 0. The Labute approximate surface area is 125 Å². The SMILES string of the molecule is C=C/C=C/c1cc(-c2ccc(Cl)cc2)cc(C(F)(F)F)n1. The number of rotatable bonds is 3. The second kappa shape index (κ2) is 6.14. The van der Waals surface area contributed by atoms with Crippen LogP contribution < -0.4 is 0 Å². The molecule has 1 heterocycles. The van der Waals surface area contributed by atoms with Crippen molar-refractivity contribution in [3.05, 3.63) is 71.5 Å². The van der Waals surface area contributed by atoms with Gasteiger partial charge in [0, 0.05) is 5.02 Å². The number of nitrogens with zero attached hydrogens (tertiary/aromatic N) is 1. The summed E-state index contributed by atoms with van der Waals surface area (Å²) in [5.41, 5.74) is 0.353. The third-order valence-electron chi connectivity index (χ3n) is 2.72. The number of pyridine rings is 1.